The Morgan fingerprint density at radius 1 is 0.972 bits per heavy atom. The fourth-order valence-corrected chi connectivity index (χ4v) is 4.32. The van der Waals surface area contributed by atoms with Crippen LogP contribution < -0.4 is 5.32 Å². The lowest BCUT2D eigenvalue weighted by atomic mass is 10.0. The molecule has 6 rings (SSSR count). The number of pyridine rings is 2. The van der Waals surface area contributed by atoms with Gasteiger partial charge in [0, 0.05) is 34.8 Å². The normalized spacial score (nSPS) is 11.3. The zero-order chi connectivity index (χ0) is 24.6. The maximum absolute atomic E-state index is 13.9. The van der Waals surface area contributed by atoms with E-state index < -0.39 is 0 Å². The quantitative estimate of drug-likeness (QED) is 0.271. The van der Waals surface area contributed by atoms with Crippen molar-refractivity contribution < 1.29 is 9.18 Å². The molecule has 4 aromatic heterocycles. The molecular formula is C28H21FN6O. The molecule has 0 fully saturated rings. The molecule has 4 heterocycles. The molecule has 36 heavy (non-hydrogen) atoms. The van der Waals surface area contributed by atoms with Gasteiger partial charge in [-0.3, -0.25) is 14.9 Å². The summed E-state index contributed by atoms with van der Waals surface area (Å²) in [7, 11) is 0. The molecule has 0 bridgehead atoms. The number of rotatable bonds is 5. The van der Waals surface area contributed by atoms with Crippen molar-refractivity contribution in [1.82, 2.24) is 25.1 Å². The van der Waals surface area contributed by atoms with E-state index in [2.05, 4.69) is 25.5 Å². The van der Waals surface area contributed by atoms with E-state index >= 15 is 0 Å². The molecule has 6 aromatic rings. The zero-order valence-electron chi connectivity index (χ0n) is 19.3. The highest BCUT2D eigenvalue weighted by atomic mass is 19.1. The fourth-order valence-electron chi connectivity index (χ4n) is 4.32. The summed E-state index contributed by atoms with van der Waals surface area (Å²) in [6.07, 6.45) is 3.89. The number of H-pyrrole nitrogens is 2. The number of anilines is 1. The average molecular weight is 477 g/mol. The summed E-state index contributed by atoms with van der Waals surface area (Å²) in [6.45, 7) is 1.82. The molecule has 0 atom stereocenters. The number of aromatic nitrogens is 5. The summed E-state index contributed by atoms with van der Waals surface area (Å²) in [6, 6.07) is 19.9. The lowest BCUT2D eigenvalue weighted by Gasteiger charge is -2.06. The van der Waals surface area contributed by atoms with Gasteiger partial charge in [-0.1, -0.05) is 31.2 Å². The molecule has 1 amide bonds. The highest BCUT2D eigenvalue weighted by Crippen LogP contribution is 2.34. The monoisotopic (exact) mass is 476 g/mol. The summed E-state index contributed by atoms with van der Waals surface area (Å²) >= 11 is 0. The Kier molecular flexibility index (Phi) is 5.26. The van der Waals surface area contributed by atoms with E-state index in [4.69, 9.17) is 4.98 Å². The van der Waals surface area contributed by atoms with Gasteiger partial charge in [0.25, 0.3) is 0 Å². The van der Waals surface area contributed by atoms with E-state index in [-0.39, 0.29) is 11.7 Å². The smallest absolute Gasteiger partial charge is 0.224 e. The first kappa shape index (κ1) is 21.7. The topological polar surface area (TPSA) is 99.4 Å². The van der Waals surface area contributed by atoms with Crippen molar-refractivity contribution >= 4 is 33.5 Å². The second-order valence-electron chi connectivity index (χ2n) is 8.49. The van der Waals surface area contributed by atoms with Crippen molar-refractivity contribution in [2.75, 3.05) is 5.32 Å². The van der Waals surface area contributed by atoms with Crippen molar-refractivity contribution in [3.63, 3.8) is 0 Å². The van der Waals surface area contributed by atoms with Gasteiger partial charge in [-0.05, 0) is 48.0 Å². The van der Waals surface area contributed by atoms with E-state index in [1.807, 2.05) is 55.5 Å². The molecular weight excluding hydrogens is 455 g/mol. The Balaban J connectivity index is 1.43. The number of hydrogen-bond acceptors (Lipinski definition) is 4. The van der Waals surface area contributed by atoms with Crippen LogP contribution >= 0.6 is 0 Å². The third-order valence-electron chi connectivity index (χ3n) is 6.11. The summed E-state index contributed by atoms with van der Waals surface area (Å²) in [5.41, 5.74) is 7.71. The van der Waals surface area contributed by atoms with Crippen LogP contribution in [-0.4, -0.2) is 31.1 Å². The highest BCUT2D eigenvalue weighted by molar-refractivity contribution is 6.00. The molecule has 3 N–H and O–H groups in total. The number of amides is 1. The number of halogens is 1. The first-order valence-electron chi connectivity index (χ1n) is 11.6. The number of benzene rings is 2. The van der Waals surface area contributed by atoms with Crippen molar-refractivity contribution in [1.29, 1.82) is 0 Å². The van der Waals surface area contributed by atoms with Crippen LogP contribution in [0.5, 0.6) is 0 Å². The van der Waals surface area contributed by atoms with Gasteiger partial charge in [0.05, 0.1) is 28.6 Å². The highest BCUT2D eigenvalue weighted by Gasteiger charge is 2.16. The molecule has 0 aliphatic rings. The third-order valence-corrected chi connectivity index (χ3v) is 6.11. The number of carbonyl (C=O) groups excluding carboxylic acids is 1. The van der Waals surface area contributed by atoms with Gasteiger partial charge in [-0.15, -0.1) is 0 Å². The van der Waals surface area contributed by atoms with E-state index in [0.29, 0.717) is 17.6 Å². The van der Waals surface area contributed by atoms with Crippen LogP contribution in [0.4, 0.5) is 10.1 Å². The Morgan fingerprint density at radius 2 is 1.83 bits per heavy atom. The standard InChI is InChI=1S/C28H21FN6O/c1-2-26(36)31-19-8-4-6-17(12-19)22-9-10-23-27(33-22)28(35-34-23)24-13-20-21(14-30-15-25(20)32-24)16-5-3-7-18(29)11-16/h3-15,32H,2H2,1H3,(H,31,36)(H,34,35). The molecule has 0 radical (unpaired) electrons. The largest absolute Gasteiger partial charge is 0.352 e. The van der Waals surface area contributed by atoms with Gasteiger partial charge >= 0.3 is 0 Å². The minimum absolute atomic E-state index is 0.0430. The molecule has 2 aromatic carbocycles. The second kappa shape index (κ2) is 8.74. The Hall–Kier alpha value is -4.85. The number of carbonyl (C=O) groups is 1. The summed E-state index contributed by atoms with van der Waals surface area (Å²) in [5, 5.41) is 11.4. The fraction of sp³-hybridized carbons (Fsp3) is 0.0714. The van der Waals surface area contributed by atoms with Gasteiger partial charge in [-0.2, -0.15) is 5.10 Å². The number of nitrogens with zero attached hydrogens (tertiary/aromatic N) is 3. The first-order valence-corrected chi connectivity index (χ1v) is 11.6. The van der Waals surface area contributed by atoms with Gasteiger partial charge in [0.1, 0.15) is 17.0 Å². The van der Waals surface area contributed by atoms with Gasteiger partial charge in [0.2, 0.25) is 5.91 Å². The Bertz CT molecular complexity index is 1750. The second-order valence-corrected chi connectivity index (χ2v) is 8.49. The number of aromatic amines is 2. The first-order chi connectivity index (χ1) is 17.6. The molecule has 0 saturated carbocycles. The van der Waals surface area contributed by atoms with Crippen molar-refractivity contribution in [2.24, 2.45) is 0 Å². The van der Waals surface area contributed by atoms with E-state index in [1.165, 1.54) is 12.1 Å². The summed E-state index contributed by atoms with van der Waals surface area (Å²) < 4.78 is 13.9. The summed E-state index contributed by atoms with van der Waals surface area (Å²) in [4.78, 5) is 24.4. The van der Waals surface area contributed by atoms with Crippen LogP contribution in [-0.2, 0) is 4.79 Å². The Labute approximate surface area is 205 Å². The number of hydrogen-bond donors (Lipinski definition) is 3. The van der Waals surface area contributed by atoms with Gasteiger partial charge in [0.15, 0.2) is 0 Å². The van der Waals surface area contributed by atoms with Crippen LogP contribution in [0.25, 0.3) is 55.7 Å². The predicted molar refractivity (Wildman–Crippen MR) is 139 cm³/mol. The number of nitrogens with one attached hydrogen (secondary N) is 3. The molecule has 176 valence electrons. The number of fused-ring (bicyclic) bond motifs is 2. The molecule has 0 spiro atoms. The van der Waals surface area contributed by atoms with Gasteiger partial charge < -0.3 is 10.3 Å². The molecule has 8 heteroatoms. The lowest BCUT2D eigenvalue weighted by molar-refractivity contribution is -0.115. The maximum Gasteiger partial charge on any atom is 0.224 e. The molecule has 0 saturated heterocycles. The van der Waals surface area contributed by atoms with Crippen LogP contribution in [0.15, 0.2) is 79.1 Å². The van der Waals surface area contributed by atoms with Gasteiger partial charge in [-0.25, -0.2) is 9.37 Å². The zero-order valence-corrected chi connectivity index (χ0v) is 19.3. The maximum atomic E-state index is 13.9. The SMILES string of the molecule is CCC(=O)Nc1cccc(-c2ccc3[nH]nc(-c4cc5c(-c6cccc(F)c6)cncc5[nH]4)c3n2)c1. The molecule has 0 aliphatic carbocycles. The Morgan fingerprint density at radius 3 is 2.69 bits per heavy atom. The minimum Gasteiger partial charge on any atom is -0.352 e. The van der Waals surface area contributed by atoms with Crippen LogP contribution in [0.2, 0.25) is 0 Å². The average Bonchev–Trinajstić information content (AvgIpc) is 3.52. The molecule has 0 unspecified atom stereocenters. The predicted octanol–water partition coefficient (Wildman–Crippen LogP) is 6.32. The molecule has 7 nitrogen and oxygen atoms in total. The summed E-state index contributed by atoms with van der Waals surface area (Å²) in [5.74, 6) is -0.341. The minimum atomic E-state index is -0.298. The van der Waals surface area contributed by atoms with E-state index in [1.54, 1.807) is 18.5 Å². The van der Waals surface area contributed by atoms with E-state index in [0.717, 1.165) is 50.2 Å². The van der Waals surface area contributed by atoms with Crippen LogP contribution in [0.3, 0.4) is 0 Å². The van der Waals surface area contributed by atoms with Crippen LogP contribution in [0.1, 0.15) is 13.3 Å². The lowest BCUT2D eigenvalue weighted by Crippen LogP contribution is -2.09. The van der Waals surface area contributed by atoms with Crippen molar-refractivity contribution in [3.8, 4) is 33.8 Å². The van der Waals surface area contributed by atoms with E-state index in [9.17, 15) is 9.18 Å². The van der Waals surface area contributed by atoms with Crippen molar-refractivity contribution in [3.05, 3.63) is 84.9 Å². The third kappa shape index (κ3) is 3.88. The molecule has 0 aliphatic heterocycles. The van der Waals surface area contributed by atoms with Crippen molar-refractivity contribution in [2.45, 2.75) is 13.3 Å². The van der Waals surface area contributed by atoms with Crippen LogP contribution in [0, 0.1) is 5.82 Å².